The van der Waals surface area contributed by atoms with Crippen LogP contribution in [0.1, 0.15) is 47.5 Å². The van der Waals surface area contributed by atoms with E-state index in [1.54, 1.807) is 33.8 Å². The summed E-state index contributed by atoms with van der Waals surface area (Å²) in [7, 11) is 0. The van der Waals surface area contributed by atoms with Gasteiger partial charge in [0.1, 0.15) is 17.3 Å². The van der Waals surface area contributed by atoms with E-state index in [2.05, 4.69) is 0 Å². The molecule has 5 heterocycles. The molecular formula is C26H28O11. The maximum atomic E-state index is 14.4. The van der Waals surface area contributed by atoms with Gasteiger partial charge in [0.15, 0.2) is 6.10 Å². The molecule has 2 N–H and O–H groups in total. The molecule has 11 heteroatoms. The van der Waals surface area contributed by atoms with Gasteiger partial charge in [0.05, 0.1) is 11.0 Å². The highest BCUT2D eigenvalue weighted by molar-refractivity contribution is 6.04. The van der Waals surface area contributed by atoms with Crippen LogP contribution in [0.2, 0.25) is 0 Å². The molecule has 2 spiro atoms. The number of epoxide rings is 1. The summed E-state index contributed by atoms with van der Waals surface area (Å²) in [6.45, 7) is 8.50. The zero-order chi connectivity index (χ0) is 26.8. The summed E-state index contributed by atoms with van der Waals surface area (Å²) in [4.78, 5) is 52.7. The van der Waals surface area contributed by atoms with Crippen LogP contribution in [0.4, 0.5) is 0 Å². The van der Waals surface area contributed by atoms with Gasteiger partial charge in [-0.15, -0.1) is 0 Å². The van der Waals surface area contributed by atoms with Crippen molar-refractivity contribution in [1.82, 2.24) is 0 Å². The topological polar surface area (TPSA) is 158 Å². The molecule has 11 nitrogen and oxygen atoms in total. The molecule has 0 aromatic carbocycles. The Bertz CT molecular complexity index is 1300. The Morgan fingerprint density at radius 2 is 1.70 bits per heavy atom. The molecule has 0 amide bonds. The molecule has 10 atom stereocenters. The van der Waals surface area contributed by atoms with Crippen molar-refractivity contribution >= 4 is 23.7 Å². The van der Waals surface area contributed by atoms with Crippen LogP contribution in [0.5, 0.6) is 0 Å². The monoisotopic (exact) mass is 516 g/mol. The van der Waals surface area contributed by atoms with Crippen molar-refractivity contribution < 1.29 is 53.1 Å². The number of carbonyl (C=O) groups is 4. The summed E-state index contributed by atoms with van der Waals surface area (Å²) >= 11 is 0. The van der Waals surface area contributed by atoms with Crippen molar-refractivity contribution in [3.05, 3.63) is 23.8 Å². The van der Waals surface area contributed by atoms with E-state index in [9.17, 15) is 29.4 Å². The Morgan fingerprint density at radius 1 is 1.00 bits per heavy atom. The largest absolute Gasteiger partial charge is 0.454 e. The molecule has 37 heavy (non-hydrogen) atoms. The van der Waals surface area contributed by atoms with Crippen LogP contribution in [0.3, 0.4) is 0 Å². The molecular weight excluding hydrogens is 488 g/mol. The van der Waals surface area contributed by atoms with E-state index in [0.29, 0.717) is 12.8 Å². The number of ether oxygens (including phenoxy) is 5. The van der Waals surface area contributed by atoms with E-state index in [4.69, 9.17) is 23.7 Å². The third-order valence-electron chi connectivity index (χ3n) is 10.9. The standard InChI is InChI=1S/C26H28O11/c1-20(2)25-19(31)26(32,37-20)23(5)12(21(25,3)9-7-13(27)35-25)6-8-22(4)15(11-10-14(28)33-17(11)29)34-18(30)16-24(22,23)36-16/h7,9-10,12,14-16,28,32H,6,8H2,1-5H3. The quantitative estimate of drug-likeness (QED) is 0.279. The lowest BCUT2D eigenvalue weighted by molar-refractivity contribution is -0.315. The van der Waals surface area contributed by atoms with Gasteiger partial charge in [0.2, 0.25) is 23.5 Å². The second kappa shape index (κ2) is 6.01. The highest BCUT2D eigenvalue weighted by Gasteiger charge is 2.97. The smallest absolute Gasteiger partial charge is 0.340 e. The number of aliphatic hydroxyl groups is 2. The Labute approximate surface area is 211 Å². The summed E-state index contributed by atoms with van der Waals surface area (Å²) in [5.74, 6) is -6.12. The van der Waals surface area contributed by atoms with E-state index >= 15 is 0 Å². The van der Waals surface area contributed by atoms with Gasteiger partial charge in [-0.25, -0.2) is 14.4 Å². The molecule has 2 bridgehead atoms. The molecule has 10 unspecified atom stereocenters. The molecule has 3 saturated heterocycles. The minimum atomic E-state index is -2.49. The molecule has 0 radical (unpaired) electrons. The van der Waals surface area contributed by atoms with Gasteiger partial charge in [-0.05, 0) is 38.7 Å². The van der Waals surface area contributed by atoms with Crippen molar-refractivity contribution in [3.8, 4) is 0 Å². The lowest BCUT2D eigenvalue weighted by atomic mass is 9.36. The van der Waals surface area contributed by atoms with Crippen molar-refractivity contribution in [2.24, 2.45) is 22.2 Å². The molecule has 0 aromatic heterocycles. The first kappa shape index (κ1) is 23.5. The van der Waals surface area contributed by atoms with Gasteiger partial charge in [0, 0.05) is 16.9 Å². The second-order valence-corrected chi connectivity index (χ2v) is 12.5. The summed E-state index contributed by atoms with van der Waals surface area (Å²) in [6.07, 6.45) is 1.13. The minimum Gasteiger partial charge on any atom is -0.454 e. The van der Waals surface area contributed by atoms with E-state index in [1.165, 1.54) is 12.2 Å². The van der Waals surface area contributed by atoms with Crippen LogP contribution >= 0.6 is 0 Å². The number of rotatable bonds is 1. The van der Waals surface area contributed by atoms with E-state index in [1.807, 2.05) is 6.92 Å². The fraction of sp³-hybridized carbons (Fsp3) is 0.692. The van der Waals surface area contributed by atoms with Gasteiger partial charge < -0.3 is 33.9 Å². The Balaban J connectivity index is 1.49. The van der Waals surface area contributed by atoms with E-state index in [-0.39, 0.29) is 5.57 Å². The average molecular weight is 516 g/mol. The van der Waals surface area contributed by atoms with E-state index in [0.717, 1.165) is 0 Å². The maximum absolute atomic E-state index is 14.4. The van der Waals surface area contributed by atoms with Gasteiger partial charge in [0.25, 0.3) is 0 Å². The van der Waals surface area contributed by atoms with Crippen LogP contribution in [0, 0.1) is 22.2 Å². The number of esters is 3. The maximum Gasteiger partial charge on any atom is 0.340 e. The molecule has 5 fully saturated rings. The normalized spacial score (nSPS) is 56.2. The average Bonchev–Trinajstić information content (AvgIpc) is 3.47. The van der Waals surface area contributed by atoms with Gasteiger partial charge in [-0.3, -0.25) is 4.79 Å². The van der Waals surface area contributed by atoms with Crippen LogP contribution in [0.15, 0.2) is 23.8 Å². The number of ketones is 1. The number of cyclic esters (lactones) is 2. The summed E-state index contributed by atoms with van der Waals surface area (Å²) in [6, 6.07) is 0. The fourth-order valence-corrected chi connectivity index (χ4v) is 9.44. The van der Waals surface area contributed by atoms with Crippen molar-refractivity contribution in [2.75, 3.05) is 0 Å². The summed E-state index contributed by atoms with van der Waals surface area (Å²) in [5, 5.41) is 22.2. The zero-order valence-electron chi connectivity index (χ0n) is 21.0. The SMILES string of the molecule is CC1(C)OC2(O)C(=O)C13OC(=O)C=CC3(C)C1CCC3(C)C(C4=CC(O)OC4=O)OC(=O)C4OC43C12C. The molecule has 0 aromatic rings. The number of hydrogen-bond donors (Lipinski definition) is 2. The molecule has 2 saturated carbocycles. The first-order chi connectivity index (χ1) is 17.1. The fourth-order valence-electron chi connectivity index (χ4n) is 9.44. The Kier molecular flexibility index (Phi) is 3.82. The second-order valence-electron chi connectivity index (χ2n) is 12.5. The third-order valence-corrected chi connectivity index (χ3v) is 10.9. The zero-order valence-corrected chi connectivity index (χ0v) is 21.0. The van der Waals surface area contributed by atoms with Crippen LogP contribution in [-0.4, -0.2) is 75.0 Å². The number of fused-ring (bicyclic) bond motifs is 4. The molecule has 7 rings (SSSR count). The Morgan fingerprint density at radius 3 is 2.35 bits per heavy atom. The number of carbonyl (C=O) groups excluding carboxylic acids is 4. The first-order valence-corrected chi connectivity index (χ1v) is 12.5. The predicted octanol–water partition coefficient (Wildman–Crippen LogP) is 0.212. The van der Waals surface area contributed by atoms with Crippen LogP contribution in [0.25, 0.3) is 0 Å². The van der Waals surface area contributed by atoms with Crippen molar-refractivity contribution in [1.29, 1.82) is 0 Å². The number of aliphatic hydroxyl groups excluding tert-OH is 1. The minimum absolute atomic E-state index is 0.0208. The van der Waals surface area contributed by atoms with Crippen molar-refractivity contribution in [2.45, 2.75) is 88.5 Å². The lowest BCUT2D eigenvalue weighted by Crippen LogP contribution is -2.81. The molecule has 2 aliphatic carbocycles. The highest BCUT2D eigenvalue weighted by Crippen LogP contribution is 2.82. The van der Waals surface area contributed by atoms with Crippen LogP contribution in [-0.2, 0) is 42.9 Å². The highest BCUT2D eigenvalue weighted by atomic mass is 16.7. The molecule has 5 aliphatic heterocycles. The Hall–Kier alpha value is -2.60. The third kappa shape index (κ3) is 2.00. The predicted molar refractivity (Wildman–Crippen MR) is 118 cm³/mol. The van der Waals surface area contributed by atoms with E-state index < -0.39 is 86.9 Å². The first-order valence-electron chi connectivity index (χ1n) is 12.5. The summed E-state index contributed by atoms with van der Waals surface area (Å²) < 4.78 is 28.9. The number of Topliss-reactive ketones (excluding diaryl/α,β-unsaturated/α-hetero) is 1. The van der Waals surface area contributed by atoms with Crippen molar-refractivity contribution in [3.63, 3.8) is 0 Å². The van der Waals surface area contributed by atoms with Gasteiger partial charge in [-0.2, -0.15) is 0 Å². The lowest BCUT2D eigenvalue weighted by Gasteiger charge is -2.67. The molecule has 198 valence electrons. The number of hydrogen-bond acceptors (Lipinski definition) is 11. The summed E-state index contributed by atoms with van der Waals surface area (Å²) in [5.41, 5.74) is -8.50. The van der Waals surface area contributed by atoms with Gasteiger partial charge in [-0.1, -0.05) is 26.8 Å². The van der Waals surface area contributed by atoms with Gasteiger partial charge >= 0.3 is 17.9 Å². The molecule has 7 aliphatic rings. The van der Waals surface area contributed by atoms with Crippen LogP contribution < -0.4 is 0 Å².